The number of rotatable bonds is 3. The second-order valence-corrected chi connectivity index (χ2v) is 3.22. The molecule has 0 aliphatic carbocycles. The van der Waals surface area contributed by atoms with Crippen LogP contribution < -0.4 is 36.7 Å². The highest BCUT2D eigenvalue weighted by Crippen LogP contribution is 2.22. The molecule has 0 spiro atoms. The second-order valence-electron chi connectivity index (χ2n) is 3.22. The molecule has 0 aromatic heterocycles. The zero-order valence-corrected chi connectivity index (χ0v) is 9.78. The summed E-state index contributed by atoms with van der Waals surface area (Å²) in [5, 5.41) is 0. The minimum atomic E-state index is 0.00450. The minimum absolute atomic E-state index is 0.00450. The maximum atomic E-state index is 5.62. The highest BCUT2D eigenvalue weighted by atomic mass is 16.5. The van der Waals surface area contributed by atoms with Crippen molar-refractivity contribution >= 4 is 17.6 Å². The van der Waals surface area contributed by atoms with Gasteiger partial charge in [-0.1, -0.05) is 0 Å². The van der Waals surface area contributed by atoms with E-state index in [1.165, 1.54) is 0 Å². The van der Waals surface area contributed by atoms with Gasteiger partial charge in [-0.3, -0.25) is 0 Å². The number of nitrogens with one attached hydrogen (secondary N) is 2. The molecule has 0 radical (unpaired) electrons. The Morgan fingerprint density at radius 1 is 1.00 bits per heavy atom. The SMILES string of the molecule is COc1cc([NH+]=C(N)[NH+]=C(N)N)cc(OC)c1. The Morgan fingerprint density at radius 2 is 1.53 bits per heavy atom. The fourth-order valence-electron chi connectivity index (χ4n) is 1.22. The van der Waals surface area contributed by atoms with Gasteiger partial charge in [0.15, 0.2) is 5.69 Å². The Labute approximate surface area is 98.9 Å². The lowest BCUT2D eigenvalue weighted by molar-refractivity contribution is -0.459. The summed E-state index contributed by atoms with van der Waals surface area (Å²) in [5.41, 5.74) is 16.8. The molecular weight excluding hydrogens is 222 g/mol. The van der Waals surface area contributed by atoms with Crippen molar-refractivity contribution in [3.63, 3.8) is 0 Å². The van der Waals surface area contributed by atoms with Crippen LogP contribution in [0.5, 0.6) is 11.5 Å². The van der Waals surface area contributed by atoms with Crippen molar-refractivity contribution < 1.29 is 19.5 Å². The van der Waals surface area contributed by atoms with Gasteiger partial charge in [-0.05, 0) is 0 Å². The van der Waals surface area contributed by atoms with Crippen molar-refractivity contribution in [2.45, 2.75) is 0 Å². The summed E-state index contributed by atoms with van der Waals surface area (Å²) in [6.45, 7) is 0. The number of ether oxygens (including phenoxy) is 2. The van der Waals surface area contributed by atoms with Gasteiger partial charge < -0.3 is 20.9 Å². The predicted molar refractivity (Wildman–Crippen MR) is 63.7 cm³/mol. The summed E-state index contributed by atoms with van der Waals surface area (Å²) in [7, 11) is 3.13. The summed E-state index contributed by atoms with van der Waals surface area (Å²) >= 11 is 0. The molecule has 0 atom stereocenters. The van der Waals surface area contributed by atoms with E-state index in [4.69, 9.17) is 26.7 Å². The van der Waals surface area contributed by atoms with E-state index in [2.05, 4.69) is 9.98 Å². The average Bonchev–Trinajstić information content (AvgIpc) is 2.27. The third kappa shape index (κ3) is 3.90. The first kappa shape index (κ1) is 12.6. The van der Waals surface area contributed by atoms with E-state index in [1.807, 2.05) is 0 Å². The zero-order chi connectivity index (χ0) is 12.8. The van der Waals surface area contributed by atoms with Crippen LogP contribution in [0.25, 0.3) is 0 Å². The fourth-order valence-corrected chi connectivity index (χ4v) is 1.22. The monoisotopic (exact) mass is 239 g/mol. The molecule has 0 saturated carbocycles. The van der Waals surface area contributed by atoms with E-state index in [1.54, 1.807) is 32.4 Å². The maximum Gasteiger partial charge on any atom is 0.522 e. The smallest absolute Gasteiger partial charge is 0.496 e. The van der Waals surface area contributed by atoms with Crippen molar-refractivity contribution in [2.24, 2.45) is 17.2 Å². The summed E-state index contributed by atoms with van der Waals surface area (Å²) < 4.78 is 10.2. The molecule has 7 nitrogen and oxygen atoms in total. The first-order valence-electron chi connectivity index (χ1n) is 4.82. The van der Waals surface area contributed by atoms with Gasteiger partial charge in [0.25, 0.3) is 5.96 Å². The van der Waals surface area contributed by atoms with Gasteiger partial charge in [-0.2, -0.15) is 4.99 Å². The molecule has 0 fully saturated rings. The van der Waals surface area contributed by atoms with Crippen LogP contribution >= 0.6 is 0 Å². The van der Waals surface area contributed by atoms with Gasteiger partial charge >= 0.3 is 5.96 Å². The molecule has 0 amide bonds. The number of nitrogens with two attached hydrogens (primary N) is 3. The molecule has 0 saturated heterocycles. The molecule has 92 valence electrons. The highest BCUT2D eigenvalue weighted by molar-refractivity contribution is 5.76. The van der Waals surface area contributed by atoms with Crippen molar-refractivity contribution in [2.75, 3.05) is 14.2 Å². The topological polar surface area (TPSA) is 124 Å². The molecular formula is C10H17N5O2+2. The minimum Gasteiger partial charge on any atom is -0.496 e. The van der Waals surface area contributed by atoms with E-state index < -0.39 is 0 Å². The lowest BCUT2D eigenvalue weighted by Crippen LogP contribution is -2.96. The third-order valence-electron chi connectivity index (χ3n) is 1.91. The lowest BCUT2D eigenvalue weighted by atomic mass is 10.3. The molecule has 7 heteroatoms. The zero-order valence-electron chi connectivity index (χ0n) is 9.78. The second kappa shape index (κ2) is 5.59. The van der Waals surface area contributed by atoms with Crippen LogP contribution in [0.3, 0.4) is 0 Å². The van der Waals surface area contributed by atoms with Crippen molar-refractivity contribution in [3.05, 3.63) is 18.2 Å². The van der Waals surface area contributed by atoms with Crippen molar-refractivity contribution in [1.29, 1.82) is 0 Å². The van der Waals surface area contributed by atoms with Gasteiger partial charge in [-0.15, -0.1) is 4.99 Å². The Hall–Kier alpha value is -2.44. The number of guanidine groups is 2. The summed E-state index contributed by atoms with van der Waals surface area (Å²) in [4.78, 5) is 5.41. The molecule has 17 heavy (non-hydrogen) atoms. The molecule has 1 rings (SSSR count). The first-order chi connectivity index (χ1) is 8.05. The van der Waals surface area contributed by atoms with E-state index in [9.17, 15) is 0 Å². The van der Waals surface area contributed by atoms with Gasteiger partial charge in [-0.25, -0.2) is 5.73 Å². The molecule has 1 aromatic carbocycles. The Kier molecular flexibility index (Phi) is 4.15. The Balaban J connectivity index is 3.09. The molecule has 1 aromatic rings. The Morgan fingerprint density at radius 3 is 1.94 bits per heavy atom. The van der Waals surface area contributed by atoms with Crippen LogP contribution in [-0.2, 0) is 0 Å². The van der Waals surface area contributed by atoms with Crippen LogP contribution in [0.1, 0.15) is 0 Å². The molecule has 0 aliphatic heterocycles. The van der Waals surface area contributed by atoms with E-state index >= 15 is 0 Å². The van der Waals surface area contributed by atoms with Crippen molar-refractivity contribution in [1.82, 2.24) is 0 Å². The highest BCUT2D eigenvalue weighted by Gasteiger charge is 2.08. The molecule has 8 N–H and O–H groups in total. The fraction of sp³-hybridized carbons (Fsp3) is 0.200. The number of hydrogen-bond donors (Lipinski definition) is 5. The quantitative estimate of drug-likeness (QED) is 0.272. The van der Waals surface area contributed by atoms with Gasteiger partial charge in [0.2, 0.25) is 0 Å². The number of hydrogen-bond acceptors (Lipinski definition) is 2. The summed E-state index contributed by atoms with van der Waals surface area (Å²) in [6, 6.07) is 5.26. The third-order valence-corrected chi connectivity index (χ3v) is 1.91. The van der Waals surface area contributed by atoms with Gasteiger partial charge in [0.05, 0.1) is 14.2 Å². The predicted octanol–water partition coefficient (Wildman–Crippen LogP) is -3.92. The van der Waals surface area contributed by atoms with E-state index in [0.29, 0.717) is 17.2 Å². The standard InChI is InChI=1S/C10H15N5O2/c1-16-7-3-6(4-8(5-7)17-2)14-10(13)15-9(11)12/h3-5H,1-2H3,(H6,11,12,13,14,15)/p+2. The first-order valence-corrected chi connectivity index (χ1v) is 4.82. The van der Waals surface area contributed by atoms with Crippen LogP contribution in [0.4, 0.5) is 5.69 Å². The van der Waals surface area contributed by atoms with Gasteiger partial charge in [0.1, 0.15) is 11.5 Å². The number of benzene rings is 1. The van der Waals surface area contributed by atoms with Crippen LogP contribution in [0.15, 0.2) is 18.2 Å². The van der Waals surface area contributed by atoms with E-state index in [-0.39, 0.29) is 11.9 Å². The Bertz CT molecular complexity index is 430. The molecule has 0 bridgehead atoms. The number of methoxy groups -OCH3 is 2. The maximum absolute atomic E-state index is 5.62. The van der Waals surface area contributed by atoms with Crippen LogP contribution in [0.2, 0.25) is 0 Å². The lowest BCUT2D eigenvalue weighted by Gasteiger charge is -2.03. The summed E-state index contributed by atoms with van der Waals surface area (Å²) in [6.07, 6.45) is 0. The largest absolute Gasteiger partial charge is 0.522 e. The van der Waals surface area contributed by atoms with Crippen LogP contribution in [-0.4, -0.2) is 26.1 Å². The van der Waals surface area contributed by atoms with Crippen LogP contribution in [0, 0.1) is 0 Å². The molecule has 0 heterocycles. The summed E-state index contributed by atoms with van der Waals surface area (Å²) in [5.74, 6) is 1.50. The molecule has 0 unspecified atom stereocenters. The van der Waals surface area contributed by atoms with Crippen molar-refractivity contribution in [3.8, 4) is 11.5 Å². The van der Waals surface area contributed by atoms with Gasteiger partial charge in [0, 0.05) is 18.2 Å². The van der Waals surface area contributed by atoms with E-state index in [0.717, 1.165) is 0 Å². The molecule has 0 aliphatic rings. The average molecular weight is 239 g/mol. The normalized spacial score (nSPS) is 10.8.